The molecule has 1 aliphatic heterocycles. The average molecular weight is 620 g/mol. The van der Waals surface area contributed by atoms with Gasteiger partial charge in [-0.05, 0) is 42.0 Å². The molecule has 1 saturated heterocycles. The highest BCUT2D eigenvalue weighted by atomic mass is 35.5. The number of hydroxylamine groups is 2. The van der Waals surface area contributed by atoms with E-state index in [-0.39, 0.29) is 21.3 Å². The van der Waals surface area contributed by atoms with E-state index in [2.05, 4.69) is 10.6 Å². The summed E-state index contributed by atoms with van der Waals surface area (Å²) in [4.78, 5) is 42.5. The van der Waals surface area contributed by atoms with Gasteiger partial charge in [-0.25, -0.2) is 5.06 Å². The second-order valence-electron chi connectivity index (χ2n) is 8.33. The fraction of sp³-hybridized carbons (Fsp3) is 0.318. The smallest absolute Gasteiger partial charge is 0.338 e. The highest BCUT2D eigenvalue weighted by molar-refractivity contribution is 6.53. The van der Waals surface area contributed by atoms with Crippen LogP contribution in [0.2, 0.25) is 15.1 Å². The number of nitrogens with one attached hydrogen (secondary N) is 2. The van der Waals surface area contributed by atoms with Gasteiger partial charge in [0.15, 0.2) is 0 Å². The second-order valence-corrected chi connectivity index (χ2v) is 11.1. The predicted octanol–water partition coefficient (Wildman–Crippen LogP) is 5.61. The number of carbonyl (C=O) groups excluding carboxylic acids is 3. The Morgan fingerprint density at radius 3 is 2.35 bits per heavy atom. The van der Waals surface area contributed by atoms with Gasteiger partial charge in [0.05, 0.1) is 16.5 Å². The summed E-state index contributed by atoms with van der Waals surface area (Å²) < 4.78 is 36.2. The first kappa shape index (κ1) is 28.1. The van der Waals surface area contributed by atoms with Crippen molar-refractivity contribution in [2.45, 2.75) is 22.5 Å². The van der Waals surface area contributed by atoms with E-state index < -0.39 is 59.3 Å². The summed E-state index contributed by atoms with van der Waals surface area (Å²) >= 11 is 30.9. The zero-order valence-electron chi connectivity index (χ0n) is 18.2. The summed E-state index contributed by atoms with van der Waals surface area (Å²) in [5.74, 6) is -3.95. The van der Waals surface area contributed by atoms with Crippen LogP contribution in [0.25, 0.3) is 0 Å². The summed E-state index contributed by atoms with van der Waals surface area (Å²) in [6.45, 7) is -2.11. The Kier molecular flexibility index (Phi) is 7.82. The van der Waals surface area contributed by atoms with Crippen molar-refractivity contribution >= 4 is 81.4 Å². The summed E-state index contributed by atoms with van der Waals surface area (Å²) in [6.07, 6.45) is -4.67. The third kappa shape index (κ3) is 6.21. The topological polar surface area (TPSA) is 87.7 Å². The van der Waals surface area contributed by atoms with Gasteiger partial charge in [-0.1, -0.05) is 34.8 Å². The fourth-order valence-electron chi connectivity index (χ4n) is 3.92. The Hall–Kier alpha value is -1.95. The van der Waals surface area contributed by atoms with Gasteiger partial charge in [-0.2, -0.15) is 13.2 Å². The van der Waals surface area contributed by atoms with Crippen LogP contribution in [-0.4, -0.2) is 52.5 Å². The normalized spacial score (nSPS) is 22.6. The molecule has 2 aromatic carbocycles. The lowest BCUT2D eigenvalue weighted by atomic mass is 10.1. The molecule has 1 heterocycles. The fourth-order valence-corrected chi connectivity index (χ4v) is 5.49. The first-order valence-corrected chi connectivity index (χ1v) is 12.3. The SMILES string of the molecule is O=C(N[C@@H]1CON(CC(F)(F)F)C1=O)c1cc(NC(=O)[C@@H]2[C@@H](c3cc(Cl)cc(Cl)c3)C2(Cl)Cl)ccc1Cl. The lowest BCUT2D eigenvalue weighted by molar-refractivity contribution is -0.214. The lowest BCUT2D eigenvalue weighted by Gasteiger charge is -2.16. The molecule has 0 spiro atoms. The van der Waals surface area contributed by atoms with Crippen molar-refractivity contribution < 1.29 is 32.4 Å². The van der Waals surface area contributed by atoms with Crippen molar-refractivity contribution in [1.29, 1.82) is 0 Å². The number of hydrogen-bond acceptors (Lipinski definition) is 4. The molecule has 1 saturated carbocycles. The van der Waals surface area contributed by atoms with Crippen LogP contribution in [0.4, 0.5) is 18.9 Å². The molecule has 37 heavy (non-hydrogen) atoms. The first-order chi connectivity index (χ1) is 17.2. The highest BCUT2D eigenvalue weighted by Crippen LogP contribution is 2.65. The predicted molar refractivity (Wildman–Crippen MR) is 132 cm³/mol. The van der Waals surface area contributed by atoms with Crippen LogP contribution in [0.5, 0.6) is 0 Å². The summed E-state index contributed by atoms with van der Waals surface area (Å²) in [5, 5.41) is 5.68. The number of carbonyl (C=O) groups is 3. The summed E-state index contributed by atoms with van der Waals surface area (Å²) in [6, 6.07) is 7.34. The van der Waals surface area contributed by atoms with E-state index >= 15 is 0 Å². The molecular weight excluding hydrogens is 605 g/mol. The molecule has 0 radical (unpaired) electrons. The molecule has 1 aliphatic carbocycles. The quantitative estimate of drug-likeness (QED) is 0.412. The minimum Gasteiger partial charge on any atom is -0.338 e. The molecule has 0 unspecified atom stereocenters. The van der Waals surface area contributed by atoms with E-state index in [0.29, 0.717) is 15.6 Å². The van der Waals surface area contributed by atoms with Gasteiger partial charge in [0.25, 0.3) is 11.8 Å². The van der Waals surface area contributed by atoms with Gasteiger partial charge in [0, 0.05) is 21.7 Å². The van der Waals surface area contributed by atoms with Crippen LogP contribution in [0, 0.1) is 5.92 Å². The molecule has 4 rings (SSSR count). The number of amides is 3. The van der Waals surface area contributed by atoms with E-state index in [1.165, 1.54) is 24.3 Å². The molecule has 2 aliphatic rings. The Morgan fingerprint density at radius 1 is 1.08 bits per heavy atom. The summed E-state index contributed by atoms with van der Waals surface area (Å²) in [7, 11) is 0. The Labute approximate surface area is 233 Å². The zero-order chi connectivity index (χ0) is 27.3. The molecule has 7 nitrogen and oxygen atoms in total. The number of rotatable bonds is 6. The molecule has 2 fully saturated rings. The average Bonchev–Trinajstić information content (AvgIpc) is 3.22. The van der Waals surface area contributed by atoms with Crippen molar-refractivity contribution in [2.24, 2.45) is 5.92 Å². The van der Waals surface area contributed by atoms with Crippen molar-refractivity contribution in [3.63, 3.8) is 0 Å². The Bertz CT molecular complexity index is 1260. The Morgan fingerprint density at radius 2 is 1.73 bits per heavy atom. The van der Waals surface area contributed by atoms with Crippen LogP contribution in [-0.2, 0) is 14.4 Å². The first-order valence-electron chi connectivity index (χ1n) is 10.4. The molecule has 3 atom stereocenters. The van der Waals surface area contributed by atoms with E-state index in [1.807, 2.05) is 0 Å². The Balaban J connectivity index is 1.44. The number of alkyl halides is 5. The van der Waals surface area contributed by atoms with Crippen LogP contribution < -0.4 is 10.6 Å². The third-order valence-corrected chi connectivity index (χ3v) is 7.33. The van der Waals surface area contributed by atoms with Gasteiger partial charge in [0.1, 0.15) is 23.5 Å². The van der Waals surface area contributed by atoms with E-state index in [9.17, 15) is 27.6 Å². The van der Waals surface area contributed by atoms with Crippen molar-refractivity contribution in [3.8, 4) is 0 Å². The van der Waals surface area contributed by atoms with E-state index in [0.717, 1.165) is 0 Å². The highest BCUT2D eigenvalue weighted by Gasteiger charge is 2.67. The second kappa shape index (κ2) is 10.3. The molecule has 2 aromatic rings. The van der Waals surface area contributed by atoms with Gasteiger partial charge >= 0.3 is 6.18 Å². The molecule has 3 amide bonds. The van der Waals surface area contributed by atoms with Gasteiger partial charge in [0.2, 0.25) is 5.91 Å². The van der Waals surface area contributed by atoms with Crippen molar-refractivity contribution in [2.75, 3.05) is 18.5 Å². The maximum Gasteiger partial charge on any atom is 0.408 e. The minimum absolute atomic E-state index is 0.0316. The van der Waals surface area contributed by atoms with Gasteiger partial charge in [-0.15, -0.1) is 23.2 Å². The van der Waals surface area contributed by atoms with E-state index in [4.69, 9.17) is 62.8 Å². The molecule has 15 heteroatoms. The van der Waals surface area contributed by atoms with Crippen LogP contribution >= 0.6 is 58.0 Å². The number of hydrogen-bond donors (Lipinski definition) is 2. The van der Waals surface area contributed by atoms with Crippen LogP contribution in [0.1, 0.15) is 21.8 Å². The summed E-state index contributed by atoms with van der Waals surface area (Å²) in [5.41, 5.74) is 0.589. The number of nitrogens with zero attached hydrogens (tertiary/aromatic N) is 1. The monoisotopic (exact) mass is 617 g/mol. The number of halogens is 8. The van der Waals surface area contributed by atoms with Gasteiger partial charge in [-0.3, -0.25) is 19.2 Å². The van der Waals surface area contributed by atoms with Crippen LogP contribution in [0.3, 0.4) is 0 Å². The zero-order valence-corrected chi connectivity index (χ0v) is 22.0. The van der Waals surface area contributed by atoms with Crippen molar-refractivity contribution in [3.05, 3.63) is 62.6 Å². The number of benzene rings is 2. The lowest BCUT2D eigenvalue weighted by Crippen LogP contribution is -2.44. The van der Waals surface area contributed by atoms with Gasteiger partial charge < -0.3 is 10.6 Å². The number of anilines is 1. The maximum atomic E-state index is 12.9. The molecular formula is C22H15Cl5F3N3O4. The molecule has 198 valence electrons. The largest absolute Gasteiger partial charge is 0.408 e. The molecule has 2 N–H and O–H groups in total. The molecule has 0 aromatic heterocycles. The van der Waals surface area contributed by atoms with Crippen molar-refractivity contribution in [1.82, 2.24) is 10.4 Å². The van der Waals surface area contributed by atoms with E-state index in [1.54, 1.807) is 12.1 Å². The standard InChI is InChI=1S/C22H15Cl5F3N3O4/c23-10-3-9(4-11(24)5-10)16-17(22(16,26)27)19(35)31-12-1-2-14(25)13(6-12)18(34)32-15-7-37-33(20(15)36)8-21(28,29)30/h1-6,15-17H,7-8H2,(H,31,35)(H,32,34)/t15-,16-,17+/m1/s1. The third-order valence-electron chi connectivity index (χ3n) is 5.63. The maximum absolute atomic E-state index is 12.9. The van der Waals surface area contributed by atoms with Crippen LogP contribution in [0.15, 0.2) is 36.4 Å². The minimum atomic E-state index is -4.67. The molecule has 0 bridgehead atoms.